The molecule has 0 unspecified atom stereocenters. The van der Waals surface area contributed by atoms with E-state index in [1.807, 2.05) is 6.20 Å². The lowest BCUT2D eigenvalue weighted by Gasteiger charge is -1.99. The fourth-order valence-corrected chi connectivity index (χ4v) is 3.20. The quantitative estimate of drug-likeness (QED) is 0.749. The van der Waals surface area contributed by atoms with Gasteiger partial charge in [0, 0.05) is 28.1 Å². The Balaban J connectivity index is 1.69. The van der Waals surface area contributed by atoms with Gasteiger partial charge in [0.1, 0.15) is 0 Å². The topological polar surface area (TPSA) is 40.7 Å². The van der Waals surface area contributed by atoms with Gasteiger partial charge >= 0.3 is 0 Å². The first-order chi connectivity index (χ1) is 8.42. The number of thiophene rings is 2. The molecule has 0 spiro atoms. The van der Waals surface area contributed by atoms with Crippen LogP contribution in [0.1, 0.15) is 4.88 Å². The highest BCUT2D eigenvalue weighted by atomic mass is 32.1. The summed E-state index contributed by atoms with van der Waals surface area (Å²) in [6.45, 7) is 0.843. The Hall–Kier alpha value is -1.59. The summed E-state index contributed by atoms with van der Waals surface area (Å²) < 4.78 is 0. The number of rotatable bonds is 4. The lowest BCUT2D eigenvalue weighted by molar-refractivity contribution is 1.09. The van der Waals surface area contributed by atoms with Gasteiger partial charge in [-0.25, -0.2) is 0 Å². The Morgan fingerprint density at radius 2 is 2.35 bits per heavy atom. The number of hydrogen-bond acceptors (Lipinski definition) is 4. The van der Waals surface area contributed by atoms with Crippen molar-refractivity contribution in [3.63, 3.8) is 0 Å². The van der Waals surface area contributed by atoms with Crippen molar-refractivity contribution in [2.75, 3.05) is 5.32 Å². The van der Waals surface area contributed by atoms with Crippen LogP contribution in [0.15, 0.2) is 41.4 Å². The molecule has 3 aromatic heterocycles. The first kappa shape index (κ1) is 10.6. The minimum absolute atomic E-state index is 0.843. The summed E-state index contributed by atoms with van der Waals surface area (Å²) in [7, 11) is 0. The molecule has 2 N–H and O–H groups in total. The van der Waals surface area contributed by atoms with Crippen LogP contribution in [-0.4, -0.2) is 10.2 Å². The molecule has 86 valence electrons. The predicted molar refractivity (Wildman–Crippen MR) is 73.5 cm³/mol. The van der Waals surface area contributed by atoms with Crippen LogP contribution in [-0.2, 0) is 6.54 Å². The standard InChI is InChI=1S/C12H11N3S2/c1-2-12(16-3-1)9-4-11(17-8-9)7-13-10-5-14-15-6-10/h1-6,8,13H,7H2,(H,14,15). The third-order valence-corrected chi connectivity index (χ3v) is 4.28. The largest absolute Gasteiger partial charge is 0.378 e. The third kappa shape index (κ3) is 2.40. The van der Waals surface area contributed by atoms with Crippen LogP contribution >= 0.6 is 22.7 Å². The normalized spacial score (nSPS) is 10.6. The van der Waals surface area contributed by atoms with Gasteiger partial charge in [-0.05, 0) is 22.9 Å². The van der Waals surface area contributed by atoms with Crippen molar-refractivity contribution in [2.45, 2.75) is 6.54 Å². The van der Waals surface area contributed by atoms with Gasteiger partial charge in [0.15, 0.2) is 0 Å². The monoisotopic (exact) mass is 261 g/mol. The Kier molecular flexibility index (Phi) is 2.94. The van der Waals surface area contributed by atoms with E-state index in [1.54, 1.807) is 28.9 Å². The lowest BCUT2D eigenvalue weighted by Crippen LogP contribution is -1.95. The maximum Gasteiger partial charge on any atom is 0.0726 e. The first-order valence-electron chi connectivity index (χ1n) is 5.26. The maximum atomic E-state index is 3.90. The molecule has 0 bridgehead atoms. The van der Waals surface area contributed by atoms with E-state index in [2.05, 4.69) is 44.5 Å². The molecular weight excluding hydrogens is 250 g/mol. The Labute approximate surface area is 107 Å². The molecule has 0 aliphatic heterocycles. The highest BCUT2D eigenvalue weighted by Gasteiger charge is 2.03. The van der Waals surface area contributed by atoms with E-state index in [4.69, 9.17) is 0 Å². The predicted octanol–water partition coefficient (Wildman–Crippen LogP) is 3.81. The van der Waals surface area contributed by atoms with Crippen molar-refractivity contribution in [3.05, 3.63) is 46.2 Å². The first-order valence-corrected chi connectivity index (χ1v) is 7.02. The molecule has 0 saturated heterocycles. The van der Waals surface area contributed by atoms with Crippen molar-refractivity contribution in [2.24, 2.45) is 0 Å². The summed E-state index contributed by atoms with van der Waals surface area (Å²) in [5, 5.41) is 14.3. The molecule has 3 aromatic rings. The van der Waals surface area contributed by atoms with Gasteiger partial charge in [0.25, 0.3) is 0 Å². The SMILES string of the molecule is c1csc(-c2csc(CNc3cn[nH]c3)c2)c1. The molecule has 3 nitrogen and oxygen atoms in total. The number of nitrogens with one attached hydrogen (secondary N) is 2. The molecule has 0 radical (unpaired) electrons. The number of hydrogen-bond donors (Lipinski definition) is 2. The molecule has 3 heterocycles. The van der Waals surface area contributed by atoms with Gasteiger partial charge in [-0.2, -0.15) is 5.10 Å². The third-order valence-electron chi connectivity index (χ3n) is 2.42. The van der Waals surface area contributed by atoms with Crippen molar-refractivity contribution in [3.8, 4) is 10.4 Å². The molecule has 3 rings (SSSR count). The summed E-state index contributed by atoms with van der Waals surface area (Å²) in [5.74, 6) is 0. The minimum Gasteiger partial charge on any atom is -0.378 e. The average molecular weight is 261 g/mol. The van der Waals surface area contributed by atoms with E-state index in [-0.39, 0.29) is 0 Å². The highest BCUT2D eigenvalue weighted by Crippen LogP contribution is 2.29. The molecule has 17 heavy (non-hydrogen) atoms. The number of nitrogens with zero attached hydrogens (tertiary/aromatic N) is 1. The number of anilines is 1. The second-order valence-electron chi connectivity index (χ2n) is 3.62. The average Bonchev–Trinajstić information content (AvgIpc) is 3.09. The van der Waals surface area contributed by atoms with Gasteiger partial charge in [-0.3, -0.25) is 5.10 Å². The zero-order valence-electron chi connectivity index (χ0n) is 9.01. The minimum atomic E-state index is 0.843. The van der Waals surface area contributed by atoms with Gasteiger partial charge in [-0.15, -0.1) is 22.7 Å². The van der Waals surface area contributed by atoms with Crippen molar-refractivity contribution >= 4 is 28.4 Å². The molecule has 0 amide bonds. The van der Waals surface area contributed by atoms with Crippen LogP contribution in [0, 0.1) is 0 Å². The zero-order valence-corrected chi connectivity index (χ0v) is 10.6. The molecule has 0 saturated carbocycles. The Morgan fingerprint density at radius 3 is 3.12 bits per heavy atom. The van der Waals surface area contributed by atoms with E-state index in [1.165, 1.54) is 15.3 Å². The van der Waals surface area contributed by atoms with Crippen molar-refractivity contribution in [1.29, 1.82) is 0 Å². The van der Waals surface area contributed by atoms with E-state index in [9.17, 15) is 0 Å². The van der Waals surface area contributed by atoms with Gasteiger partial charge in [0.2, 0.25) is 0 Å². The summed E-state index contributed by atoms with van der Waals surface area (Å²) in [4.78, 5) is 2.66. The van der Waals surface area contributed by atoms with E-state index in [0.717, 1.165) is 12.2 Å². The van der Waals surface area contributed by atoms with E-state index >= 15 is 0 Å². The van der Waals surface area contributed by atoms with Crippen LogP contribution in [0.25, 0.3) is 10.4 Å². The molecule has 0 aliphatic carbocycles. The molecule has 5 heteroatoms. The van der Waals surface area contributed by atoms with E-state index < -0.39 is 0 Å². The van der Waals surface area contributed by atoms with Crippen LogP contribution < -0.4 is 5.32 Å². The smallest absolute Gasteiger partial charge is 0.0726 e. The molecule has 0 aromatic carbocycles. The van der Waals surface area contributed by atoms with Gasteiger partial charge in [0.05, 0.1) is 11.9 Å². The number of aromatic nitrogens is 2. The Bertz CT molecular complexity index is 567. The fraction of sp³-hybridized carbons (Fsp3) is 0.0833. The maximum absolute atomic E-state index is 3.90. The summed E-state index contributed by atoms with van der Waals surface area (Å²) in [5.41, 5.74) is 2.34. The van der Waals surface area contributed by atoms with Crippen molar-refractivity contribution < 1.29 is 0 Å². The van der Waals surface area contributed by atoms with Crippen LogP contribution in [0.4, 0.5) is 5.69 Å². The molecule has 0 fully saturated rings. The lowest BCUT2D eigenvalue weighted by atomic mass is 10.2. The summed E-state index contributed by atoms with van der Waals surface area (Å²) in [6.07, 6.45) is 3.64. The zero-order chi connectivity index (χ0) is 11.5. The number of H-pyrrole nitrogens is 1. The van der Waals surface area contributed by atoms with Crippen molar-refractivity contribution in [1.82, 2.24) is 10.2 Å². The molecular formula is C12H11N3S2. The van der Waals surface area contributed by atoms with E-state index in [0.29, 0.717) is 0 Å². The fourth-order valence-electron chi connectivity index (χ4n) is 1.58. The Morgan fingerprint density at radius 1 is 1.35 bits per heavy atom. The second kappa shape index (κ2) is 4.73. The molecule has 0 aliphatic rings. The van der Waals surface area contributed by atoms with Gasteiger partial charge < -0.3 is 5.32 Å². The highest BCUT2D eigenvalue weighted by molar-refractivity contribution is 7.14. The van der Waals surface area contributed by atoms with Gasteiger partial charge in [-0.1, -0.05) is 6.07 Å². The number of aromatic amines is 1. The second-order valence-corrected chi connectivity index (χ2v) is 5.56. The van der Waals surface area contributed by atoms with Crippen LogP contribution in [0.2, 0.25) is 0 Å². The van der Waals surface area contributed by atoms with Crippen LogP contribution in [0.3, 0.4) is 0 Å². The summed E-state index contributed by atoms with van der Waals surface area (Å²) in [6, 6.07) is 6.48. The summed E-state index contributed by atoms with van der Waals surface area (Å²) >= 11 is 3.56. The van der Waals surface area contributed by atoms with Crippen LogP contribution in [0.5, 0.6) is 0 Å². The molecule has 0 atom stereocenters.